The molecule has 2 nitrogen and oxygen atoms in total. The van der Waals surface area contributed by atoms with Crippen molar-refractivity contribution >= 4 is 11.6 Å². The lowest BCUT2D eigenvalue weighted by Gasteiger charge is -2.56. The number of nitrogens with one attached hydrogen (secondary N) is 1. The van der Waals surface area contributed by atoms with Gasteiger partial charge in [0.25, 0.3) is 0 Å². The molecule has 124 valence electrons. The van der Waals surface area contributed by atoms with E-state index >= 15 is 0 Å². The van der Waals surface area contributed by atoms with Crippen molar-refractivity contribution in [1.82, 2.24) is 0 Å². The summed E-state index contributed by atoms with van der Waals surface area (Å²) in [7, 11) is 0. The standard InChI is InChI=1S/C21H29NO/c1-13-4-15(3)19(5-14(13)2)22-20(23)12-21-9-16-6-17(10-21)8-18(7-16)11-21/h4-5,16-18H,6-12H2,1-3H3,(H,22,23). The Balaban J connectivity index is 1.47. The highest BCUT2D eigenvalue weighted by atomic mass is 16.1. The fraction of sp³-hybridized carbons (Fsp3) is 0.667. The Morgan fingerprint density at radius 1 is 0.957 bits per heavy atom. The number of amides is 1. The molecule has 0 heterocycles. The van der Waals surface area contributed by atoms with Crippen molar-refractivity contribution in [1.29, 1.82) is 0 Å². The fourth-order valence-corrected chi connectivity index (χ4v) is 6.14. The van der Waals surface area contributed by atoms with E-state index in [1.54, 1.807) is 0 Å². The van der Waals surface area contributed by atoms with Crippen LogP contribution in [0.25, 0.3) is 0 Å². The molecule has 4 bridgehead atoms. The lowest BCUT2D eigenvalue weighted by Crippen LogP contribution is -2.47. The maximum absolute atomic E-state index is 12.7. The van der Waals surface area contributed by atoms with E-state index in [-0.39, 0.29) is 5.91 Å². The average molecular weight is 311 g/mol. The highest BCUT2D eigenvalue weighted by Crippen LogP contribution is 2.61. The summed E-state index contributed by atoms with van der Waals surface area (Å²) in [4.78, 5) is 12.7. The molecule has 2 heteroatoms. The molecule has 1 amide bonds. The molecule has 23 heavy (non-hydrogen) atoms. The third-order valence-electron chi connectivity index (χ3n) is 6.82. The molecule has 4 fully saturated rings. The van der Waals surface area contributed by atoms with Crippen molar-refractivity contribution in [3.05, 3.63) is 28.8 Å². The predicted octanol–water partition coefficient (Wildman–Crippen LogP) is 5.16. The van der Waals surface area contributed by atoms with Crippen molar-refractivity contribution in [2.24, 2.45) is 23.2 Å². The SMILES string of the molecule is Cc1cc(C)c(NC(=O)CC23CC4CC(CC(C4)C2)C3)cc1C. The molecule has 1 N–H and O–H groups in total. The van der Waals surface area contributed by atoms with Gasteiger partial charge < -0.3 is 5.32 Å². The fourth-order valence-electron chi connectivity index (χ4n) is 6.14. The second kappa shape index (κ2) is 5.36. The number of carbonyl (C=O) groups is 1. The molecular weight excluding hydrogens is 282 g/mol. The third-order valence-corrected chi connectivity index (χ3v) is 6.82. The number of anilines is 1. The molecule has 1 aromatic rings. The molecule has 0 aliphatic heterocycles. The monoisotopic (exact) mass is 311 g/mol. The number of aryl methyl sites for hydroxylation is 3. The number of hydrogen-bond donors (Lipinski definition) is 1. The van der Waals surface area contributed by atoms with Gasteiger partial charge in [-0.1, -0.05) is 6.07 Å². The quantitative estimate of drug-likeness (QED) is 0.821. The number of rotatable bonds is 3. The minimum Gasteiger partial charge on any atom is -0.326 e. The highest BCUT2D eigenvalue weighted by Gasteiger charge is 2.51. The number of carbonyl (C=O) groups excluding carboxylic acids is 1. The van der Waals surface area contributed by atoms with Gasteiger partial charge in [0.2, 0.25) is 5.91 Å². The van der Waals surface area contributed by atoms with Crippen LogP contribution in [0.3, 0.4) is 0 Å². The Bertz CT molecular complexity index is 610. The zero-order chi connectivity index (χ0) is 16.2. The van der Waals surface area contributed by atoms with E-state index in [1.165, 1.54) is 55.2 Å². The van der Waals surface area contributed by atoms with Crippen LogP contribution >= 0.6 is 0 Å². The maximum Gasteiger partial charge on any atom is 0.224 e. The second-order valence-corrected chi connectivity index (χ2v) is 8.89. The Kier molecular flexibility index (Phi) is 3.55. The van der Waals surface area contributed by atoms with E-state index in [9.17, 15) is 4.79 Å². The van der Waals surface area contributed by atoms with Crippen LogP contribution in [0, 0.1) is 43.9 Å². The van der Waals surface area contributed by atoms with Gasteiger partial charge in [-0.3, -0.25) is 4.79 Å². The van der Waals surface area contributed by atoms with Crippen LogP contribution in [0.4, 0.5) is 5.69 Å². The van der Waals surface area contributed by atoms with E-state index in [0.29, 0.717) is 5.41 Å². The van der Waals surface area contributed by atoms with E-state index < -0.39 is 0 Å². The molecule has 4 aliphatic rings. The summed E-state index contributed by atoms with van der Waals surface area (Å²) in [6.07, 6.45) is 8.98. The first-order valence-electron chi connectivity index (χ1n) is 9.30. The second-order valence-electron chi connectivity index (χ2n) is 8.89. The highest BCUT2D eigenvalue weighted by molar-refractivity contribution is 5.92. The molecule has 1 aromatic carbocycles. The molecule has 0 atom stereocenters. The molecule has 4 saturated carbocycles. The molecule has 4 aliphatic carbocycles. The lowest BCUT2D eigenvalue weighted by molar-refractivity contribution is -0.124. The minimum absolute atomic E-state index is 0.235. The first kappa shape index (κ1) is 15.2. The van der Waals surface area contributed by atoms with Crippen molar-refractivity contribution < 1.29 is 4.79 Å². The normalized spacial score (nSPS) is 34.7. The third kappa shape index (κ3) is 2.81. The Morgan fingerprint density at radius 3 is 2.04 bits per heavy atom. The van der Waals surface area contributed by atoms with Crippen LogP contribution in [0.5, 0.6) is 0 Å². The van der Waals surface area contributed by atoms with Crippen molar-refractivity contribution in [2.45, 2.75) is 65.7 Å². The zero-order valence-corrected chi connectivity index (χ0v) is 14.7. The van der Waals surface area contributed by atoms with E-state index in [2.05, 4.69) is 38.2 Å². The maximum atomic E-state index is 12.7. The van der Waals surface area contributed by atoms with Gasteiger partial charge in [-0.15, -0.1) is 0 Å². The van der Waals surface area contributed by atoms with Gasteiger partial charge in [0.15, 0.2) is 0 Å². The number of hydrogen-bond acceptors (Lipinski definition) is 1. The molecule has 0 unspecified atom stereocenters. The largest absolute Gasteiger partial charge is 0.326 e. The topological polar surface area (TPSA) is 29.1 Å². The van der Waals surface area contributed by atoms with Gasteiger partial charge in [0.1, 0.15) is 0 Å². The van der Waals surface area contributed by atoms with Gasteiger partial charge in [0, 0.05) is 12.1 Å². The molecule has 5 rings (SSSR count). The Morgan fingerprint density at radius 2 is 1.48 bits per heavy atom. The molecule has 0 spiro atoms. The van der Waals surface area contributed by atoms with Crippen LogP contribution in [0.2, 0.25) is 0 Å². The predicted molar refractivity (Wildman–Crippen MR) is 94.5 cm³/mol. The first-order chi connectivity index (χ1) is 10.9. The van der Waals surface area contributed by atoms with E-state index in [1.807, 2.05) is 0 Å². The summed E-state index contributed by atoms with van der Waals surface area (Å²) in [5.74, 6) is 2.98. The summed E-state index contributed by atoms with van der Waals surface area (Å²) in [5.41, 5.74) is 5.05. The first-order valence-corrected chi connectivity index (χ1v) is 9.30. The summed E-state index contributed by atoms with van der Waals surface area (Å²) in [6, 6.07) is 4.30. The summed E-state index contributed by atoms with van der Waals surface area (Å²) >= 11 is 0. The van der Waals surface area contributed by atoms with Gasteiger partial charge in [0.05, 0.1) is 0 Å². The smallest absolute Gasteiger partial charge is 0.224 e. The summed E-state index contributed by atoms with van der Waals surface area (Å²) < 4.78 is 0. The van der Waals surface area contributed by atoms with E-state index in [0.717, 1.165) is 29.9 Å². The van der Waals surface area contributed by atoms with Crippen LogP contribution < -0.4 is 5.32 Å². The van der Waals surface area contributed by atoms with E-state index in [4.69, 9.17) is 0 Å². The van der Waals surface area contributed by atoms with Crippen molar-refractivity contribution in [3.8, 4) is 0 Å². The Labute approximate surface area is 140 Å². The van der Waals surface area contributed by atoms with Crippen LogP contribution in [-0.2, 0) is 4.79 Å². The molecule has 0 radical (unpaired) electrons. The van der Waals surface area contributed by atoms with Gasteiger partial charge in [-0.2, -0.15) is 0 Å². The minimum atomic E-state index is 0.235. The molecule has 0 saturated heterocycles. The van der Waals surface area contributed by atoms with Crippen LogP contribution in [0.15, 0.2) is 12.1 Å². The lowest BCUT2D eigenvalue weighted by atomic mass is 9.49. The number of benzene rings is 1. The summed E-state index contributed by atoms with van der Waals surface area (Å²) in [6.45, 7) is 6.33. The molecule has 0 aromatic heterocycles. The zero-order valence-electron chi connectivity index (χ0n) is 14.7. The van der Waals surface area contributed by atoms with Gasteiger partial charge in [-0.05, 0) is 105 Å². The summed E-state index contributed by atoms with van der Waals surface area (Å²) in [5, 5.41) is 3.21. The Hall–Kier alpha value is -1.31. The van der Waals surface area contributed by atoms with Crippen LogP contribution in [0.1, 0.15) is 61.6 Å². The molecular formula is C21H29NO. The average Bonchev–Trinajstić information content (AvgIpc) is 2.42. The van der Waals surface area contributed by atoms with Gasteiger partial charge >= 0.3 is 0 Å². The van der Waals surface area contributed by atoms with Crippen molar-refractivity contribution in [2.75, 3.05) is 5.32 Å². The van der Waals surface area contributed by atoms with Crippen molar-refractivity contribution in [3.63, 3.8) is 0 Å². The van der Waals surface area contributed by atoms with Crippen LogP contribution in [-0.4, -0.2) is 5.91 Å². The van der Waals surface area contributed by atoms with Gasteiger partial charge in [-0.25, -0.2) is 0 Å².